The molecule has 0 N–H and O–H groups in total. The van der Waals surface area contributed by atoms with Crippen LogP contribution in [0.2, 0.25) is 0 Å². The highest BCUT2D eigenvalue weighted by Crippen LogP contribution is 2.20. The van der Waals surface area contributed by atoms with Crippen LogP contribution in [0.5, 0.6) is 0 Å². The third kappa shape index (κ3) is 4.12. The van der Waals surface area contributed by atoms with E-state index in [0.717, 1.165) is 40.9 Å². The van der Waals surface area contributed by atoms with Crippen LogP contribution in [0.4, 0.5) is 0 Å². The van der Waals surface area contributed by atoms with Crippen LogP contribution >= 0.6 is 24.0 Å². The summed E-state index contributed by atoms with van der Waals surface area (Å²) in [6.45, 7) is 7.52. The van der Waals surface area contributed by atoms with Gasteiger partial charge in [-0.1, -0.05) is 24.0 Å². The lowest BCUT2D eigenvalue weighted by Gasteiger charge is -2.17. The molecule has 122 valence electrons. The van der Waals surface area contributed by atoms with Crippen molar-refractivity contribution >= 4 is 34.1 Å². The molecule has 1 aromatic rings. The van der Waals surface area contributed by atoms with Crippen LogP contribution in [0.25, 0.3) is 0 Å². The van der Waals surface area contributed by atoms with Crippen molar-refractivity contribution in [1.82, 2.24) is 9.47 Å². The Morgan fingerprint density at radius 1 is 1.36 bits per heavy atom. The summed E-state index contributed by atoms with van der Waals surface area (Å²) < 4.78 is 8.13. The third-order valence-electron chi connectivity index (χ3n) is 4.08. The number of nitrogens with zero attached hydrogens (tertiary/aromatic N) is 2. The van der Waals surface area contributed by atoms with Crippen molar-refractivity contribution in [3.63, 3.8) is 0 Å². The van der Waals surface area contributed by atoms with Crippen LogP contribution in [0.3, 0.4) is 0 Å². The fourth-order valence-corrected chi connectivity index (χ4v) is 3.94. The molecule has 1 saturated heterocycles. The van der Waals surface area contributed by atoms with E-state index in [9.17, 15) is 4.79 Å². The molecular formula is C16H24N2O2S2. The van der Waals surface area contributed by atoms with Gasteiger partial charge in [-0.15, -0.1) is 0 Å². The number of ketones is 1. The highest BCUT2D eigenvalue weighted by atomic mass is 32.2. The van der Waals surface area contributed by atoms with Crippen LogP contribution in [0, 0.1) is 13.8 Å². The van der Waals surface area contributed by atoms with E-state index >= 15 is 0 Å². The van der Waals surface area contributed by atoms with Crippen molar-refractivity contribution in [3.05, 3.63) is 23.0 Å². The minimum Gasteiger partial charge on any atom is -0.383 e. The molecule has 0 saturated carbocycles. The summed E-state index contributed by atoms with van der Waals surface area (Å²) in [6, 6.07) is 1.98. The van der Waals surface area contributed by atoms with E-state index in [1.807, 2.05) is 19.9 Å². The topological polar surface area (TPSA) is 34.5 Å². The van der Waals surface area contributed by atoms with Gasteiger partial charge in [0.05, 0.1) is 12.4 Å². The van der Waals surface area contributed by atoms with Crippen LogP contribution in [0.1, 0.15) is 34.6 Å². The molecule has 1 aliphatic rings. The number of hydrogen-bond acceptors (Lipinski definition) is 4. The van der Waals surface area contributed by atoms with Gasteiger partial charge in [-0.2, -0.15) is 0 Å². The fraction of sp³-hybridized carbons (Fsp3) is 0.625. The monoisotopic (exact) mass is 340 g/mol. The van der Waals surface area contributed by atoms with Gasteiger partial charge in [-0.3, -0.25) is 4.79 Å². The van der Waals surface area contributed by atoms with E-state index in [0.29, 0.717) is 12.4 Å². The van der Waals surface area contributed by atoms with Gasteiger partial charge in [0.25, 0.3) is 0 Å². The number of ether oxygens (including phenoxy) is 1. The molecule has 6 heteroatoms. The molecule has 0 aromatic carbocycles. The van der Waals surface area contributed by atoms with Crippen molar-refractivity contribution in [3.8, 4) is 0 Å². The quantitative estimate of drug-likeness (QED) is 0.587. The number of rotatable bonds is 6. The maximum absolute atomic E-state index is 12.5. The third-order valence-corrected chi connectivity index (χ3v) is 5.61. The average Bonchev–Trinajstić information content (AvgIpc) is 3.12. The van der Waals surface area contributed by atoms with E-state index in [2.05, 4.69) is 9.47 Å². The molecule has 0 atom stereocenters. The standard InChI is InChI=1S/C16H24N2O2S2/c1-12-10-14(13(2)18(12)8-9-20-3)15(19)11-22-16(21)17-6-4-5-7-17/h10H,4-9,11H2,1-3H3. The van der Waals surface area contributed by atoms with Gasteiger partial charge in [0.2, 0.25) is 0 Å². The van der Waals surface area contributed by atoms with Gasteiger partial charge in [0.1, 0.15) is 4.32 Å². The predicted octanol–water partition coefficient (Wildman–Crippen LogP) is 3.05. The van der Waals surface area contributed by atoms with Crippen LogP contribution in [-0.2, 0) is 11.3 Å². The second-order valence-corrected chi connectivity index (χ2v) is 7.21. The number of aromatic nitrogens is 1. The summed E-state index contributed by atoms with van der Waals surface area (Å²) >= 11 is 6.91. The molecule has 0 bridgehead atoms. The maximum atomic E-state index is 12.5. The summed E-state index contributed by atoms with van der Waals surface area (Å²) in [5.74, 6) is 0.576. The Bertz CT molecular complexity index is 549. The summed E-state index contributed by atoms with van der Waals surface area (Å²) in [5.41, 5.74) is 2.93. The van der Waals surface area contributed by atoms with E-state index in [1.165, 1.54) is 24.6 Å². The zero-order valence-electron chi connectivity index (χ0n) is 13.6. The molecule has 4 nitrogen and oxygen atoms in total. The lowest BCUT2D eigenvalue weighted by molar-refractivity contribution is 0.102. The lowest BCUT2D eigenvalue weighted by Crippen LogP contribution is -2.24. The van der Waals surface area contributed by atoms with Crippen molar-refractivity contribution < 1.29 is 9.53 Å². The molecule has 22 heavy (non-hydrogen) atoms. The molecular weight excluding hydrogens is 316 g/mol. The number of aryl methyl sites for hydroxylation is 1. The number of hydrogen-bond donors (Lipinski definition) is 0. The van der Waals surface area contributed by atoms with Crippen LogP contribution in [-0.4, -0.2) is 52.1 Å². The van der Waals surface area contributed by atoms with E-state index in [-0.39, 0.29) is 5.78 Å². The van der Waals surface area contributed by atoms with Crippen molar-refractivity contribution in [1.29, 1.82) is 0 Å². The average molecular weight is 341 g/mol. The second-order valence-electron chi connectivity index (χ2n) is 5.60. The van der Waals surface area contributed by atoms with Crippen LogP contribution < -0.4 is 0 Å². The van der Waals surface area contributed by atoms with Crippen molar-refractivity contribution in [2.75, 3.05) is 32.6 Å². The molecule has 2 heterocycles. The normalized spacial score (nSPS) is 14.6. The minimum absolute atomic E-state index is 0.156. The van der Waals surface area contributed by atoms with Crippen LogP contribution in [0.15, 0.2) is 6.07 Å². The fourth-order valence-electron chi connectivity index (χ4n) is 2.81. The molecule has 2 rings (SSSR count). The first kappa shape index (κ1) is 17.5. The molecule has 0 amide bonds. The number of methoxy groups -OCH3 is 1. The van der Waals surface area contributed by atoms with Gasteiger partial charge in [0.15, 0.2) is 5.78 Å². The Hall–Kier alpha value is -0.850. The molecule has 0 aliphatic carbocycles. The SMILES string of the molecule is COCCn1c(C)cc(C(=O)CSC(=S)N2CCCC2)c1C. The number of Topliss-reactive ketones (excluding diaryl/α,β-unsaturated/α-hetero) is 1. The largest absolute Gasteiger partial charge is 0.383 e. The Morgan fingerprint density at radius 2 is 2.05 bits per heavy atom. The zero-order valence-corrected chi connectivity index (χ0v) is 15.2. The first-order chi connectivity index (χ1) is 10.5. The highest BCUT2D eigenvalue weighted by Gasteiger charge is 2.19. The van der Waals surface area contributed by atoms with Gasteiger partial charge >= 0.3 is 0 Å². The van der Waals surface area contributed by atoms with Gasteiger partial charge in [-0.05, 0) is 32.8 Å². The minimum atomic E-state index is 0.156. The molecule has 0 unspecified atom stereocenters. The number of likely N-dealkylation sites (tertiary alicyclic amines) is 1. The Kier molecular flexibility index (Phi) is 6.47. The Balaban J connectivity index is 1.96. The van der Waals surface area contributed by atoms with Crippen molar-refractivity contribution in [2.24, 2.45) is 0 Å². The summed E-state index contributed by atoms with van der Waals surface area (Å²) in [4.78, 5) is 14.7. The highest BCUT2D eigenvalue weighted by molar-refractivity contribution is 8.23. The van der Waals surface area contributed by atoms with E-state index in [4.69, 9.17) is 17.0 Å². The smallest absolute Gasteiger partial charge is 0.174 e. The zero-order chi connectivity index (χ0) is 16.1. The second kappa shape index (κ2) is 8.13. The molecule has 0 spiro atoms. The number of carbonyl (C=O) groups excluding carboxylic acids is 1. The summed E-state index contributed by atoms with van der Waals surface area (Å²) in [6.07, 6.45) is 2.41. The van der Waals surface area contributed by atoms with E-state index in [1.54, 1.807) is 7.11 Å². The van der Waals surface area contributed by atoms with Gasteiger partial charge in [-0.25, -0.2) is 0 Å². The number of thioether (sulfide) groups is 1. The maximum Gasteiger partial charge on any atom is 0.174 e. The Morgan fingerprint density at radius 3 is 2.68 bits per heavy atom. The Labute approximate surface area is 142 Å². The summed E-state index contributed by atoms with van der Waals surface area (Å²) in [7, 11) is 1.69. The van der Waals surface area contributed by atoms with E-state index < -0.39 is 0 Å². The number of thiocarbonyl (C=S) groups is 1. The predicted molar refractivity (Wildman–Crippen MR) is 96.0 cm³/mol. The lowest BCUT2D eigenvalue weighted by atomic mass is 10.2. The number of carbonyl (C=O) groups is 1. The first-order valence-corrected chi connectivity index (χ1v) is 9.04. The molecule has 0 radical (unpaired) electrons. The van der Waals surface area contributed by atoms with Gasteiger partial charge < -0.3 is 14.2 Å². The van der Waals surface area contributed by atoms with Crippen molar-refractivity contribution in [2.45, 2.75) is 33.2 Å². The summed E-state index contributed by atoms with van der Waals surface area (Å²) in [5, 5.41) is 0. The van der Waals surface area contributed by atoms with Gasteiger partial charge in [0, 0.05) is 43.7 Å². The first-order valence-electron chi connectivity index (χ1n) is 7.65. The molecule has 1 fully saturated rings. The molecule has 1 aliphatic heterocycles. The molecule has 1 aromatic heterocycles.